The lowest BCUT2D eigenvalue weighted by atomic mass is 10.1. The molecule has 1 N–H and O–H groups in total. The third-order valence-electron chi connectivity index (χ3n) is 3.33. The molecule has 0 spiro atoms. The van der Waals surface area contributed by atoms with Crippen LogP contribution >= 0.6 is 0 Å². The number of amides is 2. The minimum absolute atomic E-state index is 0.0446. The maximum atomic E-state index is 12.3. The molecule has 0 bridgehead atoms. The predicted octanol–water partition coefficient (Wildman–Crippen LogP) is 1.79. The number of rotatable bonds is 5. The average Bonchev–Trinajstić information content (AvgIpc) is 2.94. The second-order valence-corrected chi connectivity index (χ2v) is 6.85. The first-order chi connectivity index (χ1) is 11.2. The van der Waals surface area contributed by atoms with Gasteiger partial charge in [-0.3, -0.25) is 9.59 Å². The Balaban J connectivity index is 1.92. The van der Waals surface area contributed by atoms with Crippen LogP contribution in [0.15, 0.2) is 42.7 Å². The lowest BCUT2D eigenvalue weighted by Crippen LogP contribution is -2.46. The molecule has 128 valence electrons. The van der Waals surface area contributed by atoms with Gasteiger partial charge in [-0.1, -0.05) is 18.2 Å². The molecule has 1 aromatic carbocycles. The Hall–Kier alpha value is -2.63. The number of hydrogen-bond donors (Lipinski definition) is 1. The predicted molar refractivity (Wildman–Crippen MR) is 92.8 cm³/mol. The van der Waals surface area contributed by atoms with Gasteiger partial charge in [-0.25, -0.2) is 4.68 Å². The highest BCUT2D eigenvalue weighted by Gasteiger charge is 2.18. The summed E-state index contributed by atoms with van der Waals surface area (Å²) in [5.41, 5.74) is 1.44. The van der Waals surface area contributed by atoms with Crippen LogP contribution in [-0.4, -0.2) is 45.6 Å². The molecule has 0 radical (unpaired) electrons. The number of hydrogen-bond acceptors (Lipinski definition) is 3. The van der Waals surface area contributed by atoms with Crippen LogP contribution in [0.2, 0.25) is 0 Å². The third kappa shape index (κ3) is 5.22. The third-order valence-corrected chi connectivity index (χ3v) is 3.33. The number of likely N-dealkylation sites (N-methyl/N-ethyl adjacent to an activating group) is 1. The van der Waals surface area contributed by atoms with Crippen molar-refractivity contribution in [1.82, 2.24) is 20.0 Å². The van der Waals surface area contributed by atoms with Crippen LogP contribution in [0.1, 0.15) is 26.3 Å². The molecule has 0 aliphatic heterocycles. The largest absolute Gasteiger partial charge is 0.350 e. The summed E-state index contributed by atoms with van der Waals surface area (Å²) in [7, 11) is 1.63. The fraction of sp³-hybridized carbons (Fsp3) is 0.389. The molecule has 0 aliphatic carbocycles. The van der Waals surface area contributed by atoms with Crippen molar-refractivity contribution in [3.05, 3.63) is 48.3 Å². The van der Waals surface area contributed by atoms with Crippen molar-refractivity contribution in [2.45, 2.75) is 32.7 Å². The highest BCUT2D eigenvalue weighted by atomic mass is 16.2. The molecular formula is C18H24N4O2. The summed E-state index contributed by atoms with van der Waals surface area (Å²) in [6, 6.07) is 9.70. The van der Waals surface area contributed by atoms with Gasteiger partial charge in [0.05, 0.1) is 24.8 Å². The maximum Gasteiger partial charge on any atom is 0.240 e. The minimum atomic E-state index is -0.308. The monoisotopic (exact) mass is 328 g/mol. The van der Waals surface area contributed by atoms with E-state index in [9.17, 15) is 9.59 Å². The lowest BCUT2D eigenvalue weighted by Gasteiger charge is -2.23. The number of benzene rings is 1. The van der Waals surface area contributed by atoms with Crippen molar-refractivity contribution in [3.63, 3.8) is 0 Å². The summed E-state index contributed by atoms with van der Waals surface area (Å²) >= 11 is 0. The summed E-state index contributed by atoms with van der Waals surface area (Å²) in [6.45, 7) is 5.77. The van der Waals surface area contributed by atoms with Crippen LogP contribution in [-0.2, 0) is 16.0 Å². The van der Waals surface area contributed by atoms with Crippen LogP contribution in [0.25, 0.3) is 5.69 Å². The Kier molecular flexibility index (Phi) is 5.39. The van der Waals surface area contributed by atoms with E-state index in [0.717, 1.165) is 11.3 Å². The van der Waals surface area contributed by atoms with E-state index in [0.29, 0.717) is 0 Å². The summed E-state index contributed by atoms with van der Waals surface area (Å²) < 4.78 is 1.73. The topological polar surface area (TPSA) is 67.2 Å². The van der Waals surface area contributed by atoms with E-state index < -0.39 is 0 Å². The molecular weight excluding hydrogens is 304 g/mol. The number of nitrogens with zero attached hydrogens (tertiary/aromatic N) is 3. The molecule has 2 rings (SSSR count). The van der Waals surface area contributed by atoms with Crippen LogP contribution < -0.4 is 5.32 Å². The van der Waals surface area contributed by atoms with Crippen LogP contribution in [0.3, 0.4) is 0 Å². The average molecular weight is 328 g/mol. The normalized spacial score (nSPS) is 11.2. The second kappa shape index (κ2) is 7.29. The molecule has 2 amide bonds. The first kappa shape index (κ1) is 17.7. The first-order valence-electron chi connectivity index (χ1n) is 7.88. The smallest absolute Gasteiger partial charge is 0.240 e. The standard InChI is InChI=1S/C18H24N4O2/c1-18(2,3)20-16(23)13-21(4)17(24)10-14-11-19-22(12-14)15-8-6-5-7-9-15/h5-9,11-12H,10,13H2,1-4H3,(H,20,23). The van der Waals surface area contributed by atoms with E-state index >= 15 is 0 Å². The molecule has 0 saturated carbocycles. The zero-order valence-corrected chi connectivity index (χ0v) is 14.6. The zero-order chi connectivity index (χ0) is 17.7. The van der Waals surface area contributed by atoms with Gasteiger partial charge in [-0.2, -0.15) is 5.10 Å². The molecule has 6 heteroatoms. The summed E-state index contributed by atoms with van der Waals surface area (Å²) in [6.07, 6.45) is 3.72. The SMILES string of the molecule is CN(CC(=O)NC(C)(C)C)C(=O)Cc1cnn(-c2ccccc2)c1. The van der Waals surface area contributed by atoms with Gasteiger partial charge in [-0.05, 0) is 38.5 Å². The lowest BCUT2D eigenvalue weighted by molar-refractivity contribution is -0.134. The molecule has 0 saturated heterocycles. The fourth-order valence-electron chi connectivity index (χ4n) is 2.24. The van der Waals surface area contributed by atoms with Crippen molar-refractivity contribution < 1.29 is 9.59 Å². The van der Waals surface area contributed by atoms with Gasteiger partial charge < -0.3 is 10.2 Å². The number of nitrogens with one attached hydrogen (secondary N) is 1. The molecule has 6 nitrogen and oxygen atoms in total. The molecule has 1 heterocycles. The number of carbonyl (C=O) groups excluding carboxylic acids is 2. The van der Waals surface area contributed by atoms with Crippen molar-refractivity contribution >= 4 is 11.8 Å². The minimum Gasteiger partial charge on any atom is -0.350 e. The van der Waals surface area contributed by atoms with Crippen LogP contribution in [0.5, 0.6) is 0 Å². The Bertz CT molecular complexity index is 701. The van der Waals surface area contributed by atoms with Gasteiger partial charge in [0.1, 0.15) is 0 Å². The maximum absolute atomic E-state index is 12.3. The van der Waals surface area contributed by atoms with Gasteiger partial charge in [0, 0.05) is 18.8 Å². The van der Waals surface area contributed by atoms with E-state index in [2.05, 4.69) is 10.4 Å². The van der Waals surface area contributed by atoms with Crippen LogP contribution in [0, 0.1) is 0 Å². The quantitative estimate of drug-likeness (QED) is 0.910. The van der Waals surface area contributed by atoms with Gasteiger partial charge in [0.25, 0.3) is 0 Å². The highest BCUT2D eigenvalue weighted by molar-refractivity contribution is 5.85. The Labute approximate surface area is 142 Å². The number of para-hydroxylation sites is 1. The highest BCUT2D eigenvalue weighted by Crippen LogP contribution is 2.09. The van der Waals surface area contributed by atoms with Gasteiger partial charge in [0.2, 0.25) is 11.8 Å². The van der Waals surface area contributed by atoms with Crippen molar-refractivity contribution in [2.24, 2.45) is 0 Å². The zero-order valence-electron chi connectivity index (χ0n) is 14.6. The molecule has 0 aliphatic rings. The molecule has 2 aromatic rings. The van der Waals surface area contributed by atoms with Gasteiger partial charge in [0.15, 0.2) is 0 Å². The van der Waals surface area contributed by atoms with Crippen molar-refractivity contribution in [1.29, 1.82) is 0 Å². The number of carbonyl (C=O) groups is 2. The summed E-state index contributed by atoms with van der Waals surface area (Å²) in [5.74, 6) is -0.287. The fourth-order valence-corrected chi connectivity index (χ4v) is 2.24. The van der Waals surface area contributed by atoms with Crippen LogP contribution in [0.4, 0.5) is 0 Å². The molecule has 24 heavy (non-hydrogen) atoms. The van der Waals surface area contributed by atoms with Crippen molar-refractivity contribution in [3.8, 4) is 5.69 Å². The summed E-state index contributed by atoms with van der Waals surface area (Å²) in [4.78, 5) is 25.6. The van der Waals surface area contributed by atoms with E-state index in [4.69, 9.17) is 0 Å². The first-order valence-corrected chi connectivity index (χ1v) is 7.88. The van der Waals surface area contributed by atoms with E-state index in [-0.39, 0.29) is 30.3 Å². The molecule has 0 unspecified atom stereocenters. The molecule has 0 fully saturated rings. The van der Waals surface area contributed by atoms with E-state index in [1.54, 1.807) is 17.9 Å². The summed E-state index contributed by atoms with van der Waals surface area (Å²) in [5, 5.41) is 7.12. The second-order valence-electron chi connectivity index (χ2n) is 6.85. The number of aromatic nitrogens is 2. The Morgan fingerprint density at radius 3 is 2.50 bits per heavy atom. The van der Waals surface area contributed by atoms with Gasteiger partial charge >= 0.3 is 0 Å². The molecule has 1 aromatic heterocycles. The Morgan fingerprint density at radius 1 is 1.21 bits per heavy atom. The van der Waals surface area contributed by atoms with Gasteiger partial charge in [-0.15, -0.1) is 0 Å². The van der Waals surface area contributed by atoms with E-state index in [1.165, 1.54) is 4.90 Å². The Morgan fingerprint density at radius 2 is 1.88 bits per heavy atom. The van der Waals surface area contributed by atoms with E-state index in [1.807, 2.05) is 57.3 Å². The van der Waals surface area contributed by atoms with Crippen molar-refractivity contribution in [2.75, 3.05) is 13.6 Å². The molecule has 0 atom stereocenters.